The molecule has 1 unspecified atom stereocenters. The standard InChI is InChI=1S/C16H27ClN4O2S/c1-13(2)19-24(22,23)18-12-16(14-4-6-15(17)7-5-14)21-10-8-20(3)9-11-21/h4-7,13,16,18-19H,8-12H2,1-3H3. The number of halogens is 1. The van der Waals surface area contributed by atoms with Crippen molar-refractivity contribution in [2.45, 2.75) is 25.9 Å². The lowest BCUT2D eigenvalue weighted by Gasteiger charge is -2.38. The van der Waals surface area contributed by atoms with Crippen LogP contribution in [0, 0.1) is 0 Å². The third-order valence-corrected chi connectivity index (χ3v) is 5.67. The summed E-state index contributed by atoms with van der Waals surface area (Å²) < 4.78 is 29.4. The Morgan fingerprint density at radius 1 is 1.12 bits per heavy atom. The smallest absolute Gasteiger partial charge is 0.277 e. The van der Waals surface area contributed by atoms with Crippen molar-refractivity contribution in [2.75, 3.05) is 39.8 Å². The van der Waals surface area contributed by atoms with E-state index in [4.69, 9.17) is 11.6 Å². The first kappa shape index (κ1) is 19.6. The zero-order chi connectivity index (χ0) is 17.7. The molecule has 0 bridgehead atoms. The molecule has 24 heavy (non-hydrogen) atoms. The second-order valence-corrected chi connectivity index (χ2v) is 8.50. The highest BCUT2D eigenvalue weighted by Crippen LogP contribution is 2.23. The largest absolute Gasteiger partial charge is 0.304 e. The predicted octanol–water partition coefficient (Wildman–Crippen LogP) is 1.46. The van der Waals surface area contributed by atoms with Gasteiger partial charge >= 0.3 is 0 Å². The van der Waals surface area contributed by atoms with Gasteiger partial charge in [0.15, 0.2) is 0 Å². The van der Waals surface area contributed by atoms with Crippen LogP contribution in [0.25, 0.3) is 0 Å². The highest BCUT2D eigenvalue weighted by Gasteiger charge is 2.25. The van der Waals surface area contributed by atoms with Crippen LogP contribution >= 0.6 is 11.6 Å². The van der Waals surface area contributed by atoms with Crippen molar-refractivity contribution in [2.24, 2.45) is 0 Å². The lowest BCUT2D eigenvalue weighted by molar-refractivity contribution is 0.113. The van der Waals surface area contributed by atoms with Gasteiger partial charge in [-0.15, -0.1) is 0 Å². The molecule has 136 valence electrons. The molecule has 2 rings (SSSR count). The number of nitrogens with zero attached hydrogens (tertiary/aromatic N) is 2. The van der Waals surface area contributed by atoms with Crippen LogP contribution in [-0.2, 0) is 10.2 Å². The summed E-state index contributed by atoms with van der Waals surface area (Å²) in [6.45, 7) is 7.69. The van der Waals surface area contributed by atoms with Crippen LogP contribution in [-0.4, -0.2) is 64.0 Å². The summed E-state index contributed by atoms with van der Waals surface area (Å²) in [6.07, 6.45) is 0. The molecule has 1 aliphatic rings. The molecule has 0 aliphatic carbocycles. The van der Waals surface area contributed by atoms with Crippen molar-refractivity contribution in [1.82, 2.24) is 19.2 Å². The van der Waals surface area contributed by atoms with Crippen molar-refractivity contribution < 1.29 is 8.42 Å². The average molecular weight is 375 g/mol. The normalized spacial score (nSPS) is 18.9. The third kappa shape index (κ3) is 5.98. The Morgan fingerprint density at radius 2 is 1.71 bits per heavy atom. The van der Waals surface area contributed by atoms with Gasteiger partial charge in [-0.1, -0.05) is 23.7 Å². The highest BCUT2D eigenvalue weighted by atomic mass is 35.5. The summed E-state index contributed by atoms with van der Waals surface area (Å²) in [4.78, 5) is 4.60. The third-order valence-electron chi connectivity index (χ3n) is 4.09. The molecule has 8 heteroatoms. The van der Waals surface area contributed by atoms with Crippen LogP contribution in [0.15, 0.2) is 24.3 Å². The van der Waals surface area contributed by atoms with Gasteiger partial charge in [-0.25, -0.2) is 4.72 Å². The fraction of sp³-hybridized carbons (Fsp3) is 0.625. The lowest BCUT2D eigenvalue weighted by atomic mass is 10.0. The molecule has 0 spiro atoms. The van der Waals surface area contributed by atoms with Gasteiger partial charge in [0.25, 0.3) is 10.2 Å². The molecular formula is C16H27ClN4O2S. The molecule has 1 aromatic rings. The summed E-state index contributed by atoms with van der Waals surface area (Å²) in [5, 5.41) is 0.679. The van der Waals surface area contributed by atoms with Crippen LogP contribution in [0.4, 0.5) is 0 Å². The average Bonchev–Trinajstić information content (AvgIpc) is 2.49. The minimum atomic E-state index is -3.50. The van der Waals surface area contributed by atoms with Gasteiger partial charge in [0.2, 0.25) is 0 Å². The fourth-order valence-corrected chi connectivity index (χ4v) is 4.02. The Morgan fingerprint density at radius 3 is 2.25 bits per heavy atom. The van der Waals surface area contributed by atoms with E-state index < -0.39 is 10.2 Å². The summed E-state index contributed by atoms with van der Waals surface area (Å²) in [5.41, 5.74) is 1.07. The van der Waals surface area contributed by atoms with Gasteiger partial charge < -0.3 is 4.90 Å². The Hall–Kier alpha value is -0.700. The minimum absolute atomic E-state index is 0.0142. The fourth-order valence-electron chi connectivity index (χ4n) is 2.82. The zero-order valence-corrected chi connectivity index (χ0v) is 16.1. The quantitative estimate of drug-likeness (QED) is 0.758. The Bertz CT molecular complexity index is 613. The Labute approximate surface area is 150 Å². The number of likely N-dealkylation sites (N-methyl/N-ethyl adjacent to an activating group) is 1. The minimum Gasteiger partial charge on any atom is -0.304 e. The molecule has 1 saturated heterocycles. The maximum absolute atomic E-state index is 12.1. The van der Waals surface area contributed by atoms with Crippen molar-refractivity contribution in [3.63, 3.8) is 0 Å². The van der Waals surface area contributed by atoms with Gasteiger partial charge in [0, 0.05) is 49.8 Å². The van der Waals surface area contributed by atoms with E-state index in [1.807, 2.05) is 24.3 Å². The van der Waals surface area contributed by atoms with E-state index >= 15 is 0 Å². The number of nitrogens with one attached hydrogen (secondary N) is 2. The number of hydrogen-bond acceptors (Lipinski definition) is 4. The second kappa shape index (κ2) is 8.60. The van der Waals surface area contributed by atoms with Crippen LogP contribution in [0.1, 0.15) is 25.5 Å². The van der Waals surface area contributed by atoms with E-state index in [1.165, 1.54) is 0 Å². The monoisotopic (exact) mass is 374 g/mol. The van der Waals surface area contributed by atoms with Gasteiger partial charge in [0.1, 0.15) is 0 Å². The van der Waals surface area contributed by atoms with Crippen molar-refractivity contribution >= 4 is 21.8 Å². The highest BCUT2D eigenvalue weighted by molar-refractivity contribution is 7.87. The van der Waals surface area contributed by atoms with Crippen molar-refractivity contribution in [3.8, 4) is 0 Å². The first-order valence-electron chi connectivity index (χ1n) is 8.22. The van der Waals surface area contributed by atoms with E-state index in [1.54, 1.807) is 13.8 Å². The van der Waals surface area contributed by atoms with Crippen LogP contribution < -0.4 is 9.44 Å². The van der Waals surface area contributed by atoms with E-state index in [0.717, 1.165) is 31.7 Å². The molecule has 0 amide bonds. The number of benzene rings is 1. The number of hydrogen-bond donors (Lipinski definition) is 2. The summed E-state index contributed by atoms with van der Waals surface area (Å²) in [6, 6.07) is 7.48. The second-order valence-electron chi connectivity index (χ2n) is 6.53. The molecule has 0 radical (unpaired) electrons. The summed E-state index contributed by atoms with van der Waals surface area (Å²) in [7, 11) is -1.40. The molecule has 1 heterocycles. The first-order valence-corrected chi connectivity index (χ1v) is 10.1. The first-order chi connectivity index (χ1) is 11.3. The van der Waals surface area contributed by atoms with E-state index in [-0.39, 0.29) is 12.1 Å². The Balaban J connectivity index is 2.12. The van der Waals surface area contributed by atoms with Gasteiger partial charge in [0.05, 0.1) is 0 Å². The van der Waals surface area contributed by atoms with Gasteiger partial charge in [-0.2, -0.15) is 13.1 Å². The zero-order valence-electron chi connectivity index (χ0n) is 14.5. The van der Waals surface area contributed by atoms with Gasteiger partial charge in [-0.3, -0.25) is 4.90 Å². The molecule has 0 saturated carbocycles. The molecule has 1 atom stereocenters. The molecular weight excluding hydrogens is 348 g/mol. The van der Waals surface area contributed by atoms with Gasteiger partial charge in [-0.05, 0) is 38.6 Å². The number of piperazine rings is 1. The summed E-state index contributed by atoms with van der Waals surface area (Å²) in [5.74, 6) is 0. The van der Waals surface area contributed by atoms with Crippen LogP contribution in [0.2, 0.25) is 5.02 Å². The number of rotatable bonds is 7. The maximum Gasteiger partial charge on any atom is 0.277 e. The van der Waals surface area contributed by atoms with Crippen molar-refractivity contribution in [3.05, 3.63) is 34.9 Å². The molecule has 0 aromatic heterocycles. The Kier molecular flexibility index (Phi) is 7.03. The van der Waals surface area contributed by atoms with E-state index in [2.05, 4.69) is 26.3 Å². The maximum atomic E-state index is 12.1. The summed E-state index contributed by atoms with van der Waals surface area (Å²) >= 11 is 5.99. The molecule has 1 fully saturated rings. The van der Waals surface area contributed by atoms with Crippen LogP contribution in [0.3, 0.4) is 0 Å². The van der Waals surface area contributed by atoms with Crippen LogP contribution in [0.5, 0.6) is 0 Å². The molecule has 6 nitrogen and oxygen atoms in total. The lowest BCUT2D eigenvalue weighted by Crippen LogP contribution is -2.50. The predicted molar refractivity (Wildman–Crippen MR) is 98.5 cm³/mol. The molecule has 1 aromatic carbocycles. The topological polar surface area (TPSA) is 64.7 Å². The molecule has 2 N–H and O–H groups in total. The SMILES string of the molecule is CC(C)NS(=O)(=O)NCC(c1ccc(Cl)cc1)N1CCN(C)CC1. The van der Waals surface area contributed by atoms with Crippen molar-refractivity contribution in [1.29, 1.82) is 0 Å². The van der Waals surface area contributed by atoms with E-state index in [0.29, 0.717) is 11.6 Å². The van der Waals surface area contributed by atoms with E-state index in [9.17, 15) is 8.42 Å². The molecule has 1 aliphatic heterocycles.